The SMILES string of the molecule is CCC(CC)NC(=O)C(C)N1CCNCC1(C)C. The van der Waals surface area contributed by atoms with Crippen molar-refractivity contribution < 1.29 is 4.79 Å². The van der Waals surface area contributed by atoms with E-state index in [0.717, 1.165) is 32.5 Å². The first-order valence-electron chi connectivity index (χ1n) is 7.20. The summed E-state index contributed by atoms with van der Waals surface area (Å²) in [6.45, 7) is 13.5. The summed E-state index contributed by atoms with van der Waals surface area (Å²) in [5.41, 5.74) is 0.0446. The Balaban J connectivity index is 2.62. The third-order valence-electron chi connectivity index (χ3n) is 4.04. The van der Waals surface area contributed by atoms with Gasteiger partial charge in [-0.2, -0.15) is 0 Å². The Hall–Kier alpha value is -0.610. The monoisotopic (exact) mass is 255 g/mol. The highest BCUT2D eigenvalue weighted by atomic mass is 16.2. The summed E-state index contributed by atoms with van der Waals surface area (Å²) in [6.07, 6.45) is 2.00. The highest BCUT2D eigenvalue weighted by molar-refractivity contribution is 5.81. The Morgan fingerprint density at radius 3 is 2.50 bits per heavy atom. The summed E-state index contributed by atoms with van der Waals surface area (Å²) in [4.78, 5) is 14.6. The highest BCUT2D eigenvalue weighted by Crippen LogP contribution is 2.19. The summed E-state index contributed by atoms with van der Waals surface area (Å²) < 4.78 is 0. The van der Waals surface area contributed by atoms with Crippen LogP contribution in [-0.2, 0) is 4.79 Å². The number of nitrogens with one attached hydrogen (secondary N) is 2. The summed E-state index contributed by atoms with van der Waals surface area (Å²) in [5.74, 6) is 0.165. The summed E-state index contributed by atoms with van der Waals surface area (Å²) in [7, 11) is 0. The van der Waals surface area contributed by atoms with Crippen molar-refractivity contribution in [1.29, 1.82) is 0 Å². The topological polar surface area (TPSA) is 44.4 Å². The first kappa shape index (κ1) is 15.4. The maximum Gasteiger partial charge on any atom is 0.237 e. The van der Waals surface area contributed by atoms with Gasteiger partial charge in [0.25, 0.3) is 0 Å². The number of amides is 1. The van der Waals surface area contributed by atoms with Crippen molar-refractivity contribution in [2.45, 2.75) is 65.1 Å². The van der Waals surface area contributed by atoms with Crippen molar-refractivity contribution >= 4 is 5.91 Å². The molecule has 1 atom stereocenters. The van der Waals surface area contributed by atoms with Crippen molar-refractivity contribution in [3.8, 4) is 0 Å². The summed E-state index contributed by atoms with van der Waals surface area (Å²) >= 11 is 0. The number of hydrogen-bond acceptors (Lipinski definition) is 3. The molecule has 18 heavy (non-hydrogen) atoms. The second-order valence-electron chi connectivity index (χ2n) is 5.88. The van der Waals surface area contributed by atoms with Crippen molar-refractivity contribution in [3.05, 3.63) is 0 Å². The lowest BCUT2D eigenvalue weighted by molar-refractivity contribution is -0.129. The number of hydrogen-bond donors (Lipinski definition) is 2. The van der Waals surface area contributed by atoms with Gasteiger partial charge < -0.3 is 10.6 Å². The van der Waals surface area contributed by atoms with E-state index in [-0.39, 0.29) is 17.5 Å². The molecule has 1 fully saturated rings. The lowest BCUT2D eigenvalue weighted by atomic mass is 9.97. The fraction of sp³-hybridized carbons (Fsp3) is 0.929. The number of nitrogens with zero attached hydrogens (tertiary/aromatic N) is 1. The molecule has 0 aliphatic carbocycles. The number of carbonyl (C=O) groups is 1. The van der Waals surface area contributed by atoms with Gasteiger partial charge in [0.1, 0.15) is 0 Å². The Morgan fingerprint density at radius 2 is 2.00 bits per heavy atom. The number of carbonyl (C=O) groups excluding carboxylic acids is 1. The molecule has 4 nitrogen and oxygen atoms in total. The van der Waals surface area contributed by atoms with E-state index < -0.39 is 0 Å². The quantitative estimate of drug-likeness (QED) is 0.780. The van der Waals surface area contributed by atoms with E-state index in [9.17, 15) is 4.79 Å². The van der Waals surface area contributed by atoms with Crippen LogP contribution in [0.4, 0.5) is 0 Å². The molecule has 0 radical (unpaired) electrons. The van der Waals surface area contributed by atoms with Crippen molar-refractivity contribution in [2.24, 2.45) is 0 Å². The Labute approximate surface area is 111 Å². The van der Waals surface area contributed by atoms with Crippen LogP contribution < -0.4 is 10.6 Å². The largest absolute Gasteiger partial charge is 0.352 e. The fourth-order valence-corrected chi connectivity index (χ4v) is 2.67. The molecule has 1 aliphatic rings. The lowest BCUT2D eigenvalue weighted by Crippen LogP contribution is -2.63. The first-order valence-corrected chi connectivity index (χ1v) is 7.20. The molecule has 106 valence electrons. The van der Waals surface area contributed by atoms with Crippen molar-refractivity contribution in [3.63, 3.8) is 0 Å². The van der Waals surface area contributed by atoms with Crippen molar-refractivity contribution in [2.75, 3.05) is 19.6 Å². The van der Waals surface area contributed by atoms with Crippen LogP contribution in [0, 0.1) is 0 Å². The van der Waals surface area contributed by atoms with Gasteiger partial charge in [-0.05, 0) is 33.6 Å². The smallest absolute Gasteiger partial charge is 0.237 e. The van der Waals surface area contributed by atoms with Crippen LogP contribution in [0.2, 0.25) is 0 Å². The molecule has 1 aliphatic heterocycles. The van der Waals surface area contributed by atoms with Gasteiger partial charge in [0, 0.05) is 31.2 Å². The second-order valence-corrected chi connectivity index (χ2v) is 5.88. The fourth-order valence-electron chi connectivity index (χ4n) is 2.67. The van der Waals surface area contributed by atoms with E-state index in [0.29, 0.717) is 6.04 Å². The van der Waals surface area contributed by atoms with Crippen LogP contribution in [0.1, 0.15) is 47.5 Å². The highest BCUT2D eigenvalue weighted by Gasteiger charge is 2.35. The molecule has 0 aromatic rings. The minimum atomic E-state index is -0.0531. The first-order chi connectivity index (χ1) is 8.42. The average Bonchev–Trinajstić information content (AvgIpc) is 2.34. The molecule has 0 spiro atoms. The van der Waals surface area contributed by atoms with Crippen LogP contribution in [0.5, 0.6) is 0 Å². The zero-order chi connectivity index (χ0) is 13.8. The number of piperazine rings is 1. The van der Waals surface area contributed by atoms with Gasteiger partial charge in [-0.1, -0.05) is 13.8 Å². The maximum atomic E-state index is 12.3. The lowest BCUT2D eigenvalue weighted by Gasteiger charge is -2.45. The molecule has 0 saturated carbocycles. The molecule has 4 heteroatoms. The van der Waals surface area contributed by atoms with Crippen LogP contribution in [-0.4, -0.2) is 48.1 Å². The van der Waals surface area contributed by atoms with Crippen LogP contribution >= 0.6 is 0 Å². The molecule has 2 N–H and O–H groups in total. The van der Waals surface area contributed by atoms with E-state index in [1.165, 1.54) is 0 Å². The third kappa shape index (κ3) is 3.69. The van der Waals surface area contributed by atoms with Gasteiger partial charge in [-0.3, -0.25) is 9.69 Å². The van der Waals surface area contributed by atoms with E-state index in [1.807, 2.05) is 6.92 Å². The van der Waals surface area contributed by atoms with Gasteiger partial charge >= 0.3 is 0 Å². The average molecular weight is 255 g/mol. The normalized spacial score (nSPS) is 21.9. The molecule has 1 unspecified atom stereocenters. The van der Waals surface area contributed by atoms with E-state index in [1.54, 1.807) is 0 Å². The standard InChI is InChI=1S/C14H29N3O/c1-6-12(7-2)16-13(18)11(3)17-9-8-15-10-14(17,4)5/h11-12,15H,6-10H2,1-5H3,(H,16,18). The minimum Gasteiger partial charge on any atom is -0.352 e. The third-order valence-corrected chi connectivity index (χ3v) is 4.04. The minimum absolute atomic E-state index is 0.0446. The predicted molar refractivity (Wildman–Crippen MR) is 75.6 cm³/mol. The van der Waals surface area contributed by atoms with E-state index >= 15 is 0 Å². The molecule has 0 bridgehead atoms. The molecule has 1 saturated heterocycles. The molecular formula is C14H29N3O. The van der Waals surface area contributed by atoms with E-state index in [4.69, 9.17) is 0 Å². The Bertz CT molecular complexity index is 274. The summed E-state index contributed by atoms with van der Waals surface area (Å²) in [6, 6.07) is 0.258. The molecule has 1 rings (SSSR count). The van der Waals surface area contributed by atoms with Crippen LogP contribution in [0.15, 0.2) is 0 Å². The van der Waals surface area contributed by atoms with Crippen LogP contribution in [0.25, 0.3) is 0 Å². The molecule has 1 heterocycles. The van der Waals surface area contributed by atoms with Crippen LogP contribution in [0.3, 0.4) is 0 Å². The second kappa shape index (κ2) is 6.53. The van der Waals surface area contributed by atoms with Gasteiger partial charge in [0.15, 0.2) is 0 Å². The van der Waals surface area contributed by atoms with Gasteiger partial charge in [-0.15, -0.1) is 0 Å². The predicted octanol–water partition coefficient (Wildman–Crippen LogP) is 1.36. The molecular weight excluding hydrogens is 226 g/mol. The van der Waals surface area contributed by atoms with E-state index in [2.05, 4.69) is 43.2 Å². The molecule has 1 amide bonds. The zero-order valence-corrected chi connectivity index (χ0v) is 12.5. The Morgan fingerprint density at radius 1 is 1.39 bits per heavy atom. The summed E-state index contributed by atoms with van der Waals surface area (Å²) in [5, 5.41) is 6.54. The van der Waals surface area contributed by atoms with Gasteiger partial charge in [0.05, 0.1) is 6.04 Å². The zero-order valence-electron chi connectivity index (χ0n) is 12.5. The number of rotatable bonds is 5. The molecule has 0 aromatic carbocycles. The Kier molecular flexibility index (Phi) is 5.60. The van der Waals surface area contributed by atoms with Gasteiger partial charge in [-0.25, -0.2) is 0 Å². The van der Waals surface area contributed by atoms with Crippen molar-refractivity contribution in [1.82, 2.24) is 15.5 Å². The molecule has 0 aromatic heterocycles. The van der Waals surface area contributed by atoms with Gasteiger partial charge in [0.2, 0.25) is 5.91 Å². The maximum absolute atomic E-state index is 12.3.